The molecule has 0 radical (unpaired) electrons. The average molecular weight is 204 g/mol. The van der Waals surface area contributed by atoms with Crippen molar-refractivity contribution in [2.24, 2.45) is 5.73 Å². The molecule has 0 aromatic rings. The Morgan fingerprint density at radius 3 is 2.46 bits per heavy atom. The van der Waals surface area contributed by atoms with E-state index < -0.39 is 0 Å². The Morgan fingerprint density at radius 1 is 1.31 bits per heavy atom. The van der Waals surface area contributed by atoms with Crippen LogP contribution in [-0.2, 0) is 0 Å². The van der Waals surface area contributed by atoms with E-state index in [1.54, 1.807) is 0 Å². The summed E-state index contributed by atoms with van der Waals surface area (Å²) in [5.41, 5.74) is 5.55. The van der Waals surface area contributed by atoms with Crippen molar-refractivity contribution in [3.8, 4) is 0 Å². The summed E-state index contributed by atoms with van der Waals surface area (Å²) in [5.74, 6) is 2.52. The monoisotopic (exact) mass is 204 g/mol. The SMILES string of the molecule is CCSCCCN(CCN)C(C)C. The second-order valence-electron chi connectivity index (χ2n) is 3.47. The summed E-state index contributed by atoms with van der Waals surface area (Å²) >= 11 is 2.02. The van der Waals surface area contributed by atoms with Crippen LogP contribution in [0.5, 0.6) is 0 Å². The molecule has 0 aliphatic heterocycles. The van der Waals surface area contributed by atoms with Crippen molar-refractivity contribution < 1.29 is 0 Å². The van der Waals surface area contributed by atoms with Gasteiger partial charge in [-0.1, -0.05) is 6.92 Å². The summed E-state index contributed by atoms with van der Waals surface area (Å²) < 4.78 is 0. The fraction of sp³-hybridized carbons (Fsp3) is 1.00. The van der Waals surface area contributed by atoms with Crippen molar-refractivity contribution >= 4 is 11.8 Å². The summed E-state index contributed by atoms with van der Waals surface area (Å²) in [6, 6.07) is 0.634. The normalized spacial score (nSPS) is 11.5. The Kier molecular flexibility index (Phi) is 9.03. The number of nitrogens with zero attached hydrogens (tertiary/aromatic N) is 1. The maximum Gasteiger partial charge on any atom is 0.0107 e. The van der Waals surface area contributed by atoms with Crippen LogP contribution in [0.15, 0.2) is 0 Å². The highest BCUT2D eigenvalue weighted by molar-refractivity contribution is 7.99. The van der Waals surface area contributed by atoms with E-state index in [0.717, 1.165) is 13.1 Å². The molecule has 0 aromatic carbocycles. The molecule has 0 rings (SSSR count). The van der Waals surface area contributed by atoms with Gasteiger partial charge in [0.2, 0.25) is 0 Å². The van der Waals surface area contributed by atoms with E-state index in [2.05, 4.69) is 25.7 Å². The lowest BCUT2D eigenvalue weighted by atomic mass is 10.3. The molecular formula is C10H24N2S. The van der Waals surface area contributed by atoms with Gasteiger partial charge >= 0.3 is 0 Å². The molecule has 3 heteroatoms. The van der Waals surface area contributed by atoms with Crippen molar-refractivity contribution in [3.05, 3.63) is 0 Å². The van der Waals surface area contributed by atoms with Crippen LogP contribution < -0.4 is 5.73 Å². The third-order valence-electron chi connectivity index (χ3n) is 2.08. The van der Waals surface area contributed by atoms with Gasteiger partial charge in [-0.15, -0.1) is 0 Å². The predicted molar refractivity (Wildman–Crippen MR) is 63.4 cm³/mol. The minimum atomic E-state index is 0.634. The van der Waals surface area contributed by atoms with Gasteiger partial charge in [0, 0.05) is 19.1 Å². The van der Waals surface area contributed by atoms with E-state index in [0.29, 0.717) is 6.04 Å². The first kappa shape index (κ1) is 13.3. The molecule has 0 unspecified atom stereocenters. The quantitative estimate of drug-likeness (QED) is 0.611. The Balaban J connectivity index is 3.45. The van der Waals surface area contributed by atoms with Gasteiger partial charge in [0.1, 0.15) is 0 Å². The predicted octanol–water partition coefficient (Wildman–Crippen LogP) is 1.80. The van der Waals surface area contributed by atoms with E-state index in [-0.39, 0.29) is 0 Å². The molecule has 13 heavy (non-hydrogen) atoms. The fourth-order valence-corrected chi connectivity index (χ4v) is 1.93. The largest absolute Gasteiger partial charge is 0.329 e. The van der Waals surface area contributed by atoms with Crippen LogP contribution in [0.4, 0.5) is 0 Å². The number of hydrogen-bond acceptors (Lipinski definition) is 3. The molecular weight excluding hydrogens is 180 g/mol. The Labute approximate surface area is 87.2 Å². The van der Waals surface area contributed by atoms with Gasteiger partial charge in [0.15, 0.2) is 0 Å². The van der Waals surface area contributed by atoms with E-state index >= 15 is 0 Å². The van der Waals surface area contributed by atoms with Crippen molar-refractivity contribution in [2.75, 3.05) is 31.1 Å². The fourth-order valence-electron chi connectivity index (χ4n) is 1.31. The molecule has 0 saturated carbocycles. The van der Waals surface area contributed by atoms with Crippen LogP contribution in [0.25, 0.3) is 0 Å². The summed E-state index contributed by atoms with van der Waals surface area (Å²) in [6.07, 6.45) is 1.29. The van der Waals surface area contributed by atoms with Crippen LogP contribution >= 0.6 is 11.8 Å². The summed E-state index contributed by atoms with van der Waals surface area (Å²) in [6.45, 7) is 9.70. The van der Waals surface area contributed by atoms with Gasteiger partial charge in [0.25, 0.3) is 0 Å². The first-order valence-corrected chi connectivity index (χ1v) is 6.39. The highest BCUT2D eigenvalue weighted by atomic mass is 32.2. The number of rotatable bonds is 8. The van der Waals surface area contributed by atoms with E-state index in [1.165, 1.54) is 24.5 Å². The second kappa shape index (κ2) is 8.85. The molecule has 80 valence electrons. The molecule has 0 aromatic heterocycles. The summed E-state index contributed by atoms with van der Waals surface area (Å²) in [5, 5.41) is 0. The van der Waals surface area contributed by atoms with E-state index in [9.17, 15) is 0 Å². The summed E-state index contributed by atoms with van der Waals surface area (Å²) in [4.78, 5) is 2.45. The number of nitrogens with two attached hydrogens (primary N) is 1. The lowest BCUT2D eigenvalue weighted by Gasteiger charge is -2.25. The maximum atomic E-state index is 5.55. The van der Waals surface area contributed by atoms with E-state index in [4.69, 9.17) is 5.73 Å². The minimum absolute atomic E-state index is 0.634. The molecule has 0 fully saturated rings. The Morgan fingerprint density at radius 2 is 2.00 bits per heavy atom. The van der Waals surface area contributed by atoms with E-state index in [1.807, 2.05) is 11.8 Å². The van der Waals surface area contributed by atoms with Gasteiger partial charge in [0.05, 0.1) is 0 Å². The average Bonchev–Trinajstić information content (AvgIpc) is 2.10. The zero-order valence-corrected chi connectivity index (χ0v) is 10.1. The molecule has 2 nitrogen and oxygen atoms in total. The first-order chi connectivity index (χ1) is 6.22. The third kappa shape index (κ3) is 7.35. The lowest BCUT2D eigenvalue weighted by molar-refractivity contribution is 0.229. The van der Waals surface area contributed by atoms with Crippen LogP contribution in [0.1, 0.15) is 27.2 Å². The minimum Gasteiger partial charge on any atom is -0.329 e. The van der Waals surface area contributed by atoms with Crippen molar-refractivity contribution in [1.82, 2.24) is 4.90 Å². The zero-order chi connectivity index (χ0) is 10.1. The van der Waals surface area contributed by atoms with Gasteiger partial charge in [-0.05, 0) is 38.3 Å². The zero-order valence-electron chi connectivity index (χ0n) is 9.25. The van der Waals surface area contributed by atoms with Crippen LogP contribution in [0.3, 0.4) is 0 Å². The third-order valence-corrected chi connectivity index (χ3v) is 3.07. The molecule has 0 amide bonds. The standard InChI is InChI=1S/C10H24N2S/c1-4-13-9-5-7-12(8-6-11)10(2)3/h10H,4-9,11H2,1-3H3. The molecule has 0 atom stereocenters. The van der Waals surface area contributed by atoms with Crippen LogP contribution in [0, 0.1) is 0 Å². The molecule has 0 heterocycles. The molecule has 0 saturated heterocycles. The van der Waals surface area contributed by atoms with Crippen molar-refractivity contribution in [2.45, 2.75) is 33.2 Å². The van der Waals surface area contributed by atoms with Gasteiger partial charge < -0.3 is 5.73 Å². The number of hydrogen-bond donors (Lipinski definition) is 1. The lowest BCUT2D eigenvalue weighted by Crippen LogP contribution is -2.36. The second-order valence-corrected chi connectivity index (χ2v) is 4.86. The van der Waals surface area contributed by atoms with Gasteiger partial charge in [-0.2, -0.15) is 11.8 Å². The van der Waals surface area contributed by atoms with Crippen molar-refractivity contribution in [3.63, 3.8) is 0 Å². The van der Waals surface area contributed by atoms with Crippen LogP contribution in [-0.4, -0.2) is 42.1 Å². The highest BCUT2D eigenvalue weighted by Crippen LogP contribution is 2.04. The molecule has 0 aliphatic carbocycles. The molecule has 0 aliphatic rings. The molecule has 2 N–H and O–H groups in total. The number of thioether (sulfide) groups is 1. The topological polar surface area (TPSA) is 29.3 Å². The molecule has 0 spiro atoms. The Bertz CT molecular complexity index is 107. The van der Waals surface area contributed by atoms with Gasteiger partial charge in [-0.25, -0.2) is 0 Å². The summed E-state index contributed by atoms with van der Waals surface area (Å²) in [7, 11) is 0. The van der Waals surface area contributed by atoms with Gasteiger partial charge in [-0.3, -0.25) is 4.90 Å². The Hall–Kier alpha value is 0.270. The molecule has 0 bridgehead atoms. The van der Waals surface area contributed by atoms with Crippen molar-refractivity contribution in [1.29, 1.82) is 0 Å². The maximum absolute atomic E-state index is 5.55. The highest BCUT2D eigenvalue weighted by Gasteiger charge is 2.06. The first-order valence-electron chi connectivity index (χ1n) is 5.24. The smallest absolute Gasteiger partial charge is 0.0107 e. The van der Waals surface area contributed by atoms with Crippen LogP contribution in [0.2, 0.25) is 0 Å².